The summed E-state index contributed by atoms with van der Waals surface area (Å²) in [5.74, 6) is -1.16. The highest BCUT2D eigenvalue weighted by atomic mass is 35.6. The van der Waals surface area contributed by atoms with Gasteiger partial charge in [-0.3, -0.25) is 4.79 Å². The van der Waals surface area contributed by atoms with Crippen molar-refractivity contribution in [2.75, 3.05) is 0 Å². The number of rotatable bonds is 2. The number of aromatic hydroxyl groups is 1. The highest BCUT2D eigenvalue weighted by Gasteiger charge is 2.30. The Morgan fingerprint density at radius 3 is 2.28 bits per heavy atom. The van der Waals surface area contributed by atoms with Gasteiger partial charge in [0.1, 0.15) is 5.75 Å². The molecule has 0 saturated carbocycles. The monoisotopic (exact) mass is 369 g/mol. The molecule has 0 fully saturated rings. The maximum Gasteiger partial charge on any atom is 0.272 e. The lowest BCUT2D eigenvalue weighted by Crippen LogP contribution is -2.34. The van der Waals surface area contributed by atoms with Crippen LogP contribution in [-0.4, -0.2) is 14.8 Å². The number of nitrogens with one attached hydrogen (secondary N) is 1. The molecular weight excluding hydrogens is 367 g/mol. The molecule has 1 aromatic rings. The van der Waals surface area contributed by atoms with Crippen molar-refractivity contribution in [2.24, 2.45) is 0 Å². The summed E-state index contributed by atoms with van der Waals surface area (Å²) in [4.78, 5) is 11.3. The van der Waals surface area contributed by atoms with Crippen molar-refractivity contribution < 1.29 is 9.90 Å². The van der Waals surface area contributed by atoms with Crippen LogP contribution in [0, 0.1) is 0 Å². The van der Waals surface area contributed by atoms with E-state index in [-0.39, 0.29) is 32.9 Å². The van der Waals surface area contributed by atoms with E-state index in [0.29, 0.717) is 0 Å². The predicted octanol–water partition coefficient (Wildman–Crippen LogP) is 4.34. The van der Waals surface area contributed by atoms with Gasteiger partial charge in [0, 0.05) is 12.1 Å². The average molecular weight is 372 g/mol. The normalized spacial score (nSPS) is 11.4. The number of alkyl halides is 3. The first-order valence-corrected chi connectivity index (χ1v) is 6.61. The summed E-state index contributed by atoms with van der Waals surface area (Å²) < 4.78 is -2.11. The number of hydrogen-bond acceptors (Lipinski definition) is 2. The van der Waals surface area contributed by atoms with Crippen molar-refractivity contribution in [1.82, 2.24) is 5.32 Å². The van der Waals surface area contributed by atoms with Crippen molar-refractivity contribution >= 4 is 75.5 Å². The molecule has 1 amide bonds. The van der Waals surface area contributed by atoms with Crippen LogP contribution in [-0.2, 0) is 11.3 Å². The Bertz CT molecular complexity index is 459. The van der Waals surface area contributed by atoms with Gasteiger partial charge in [-0.2, -0.15) is 0 Å². The van der Waals surface area contributed by atoms with Gasteiger partial charge in [0.2, 0.25) is 0 Å². The summed E-state index contributed by atoms with van der Waals surface area (Å²) in [5.41, 5.74) is 0.136. The van der Waals surface area contributed by atoms with Crippen molar-refractivity contribution in [3.05, 3.63) is 26.7 Å². The topological polar surface area (TPSA) is 49.3 Å². The Labute approximate surface area is 133 Å². The second kappa shape index (κ2) is 6.12. The minimum Gasteiger partial charge on any atom is -0.506 e. The van der Waals surface area contributed by atoms with Gasteiger partial charge in [-0.15, -0.1) is 0 Å². The summed E-state index contributed by atoms with van der Waals surface area (Å²) in [6.45, 7) is -0.183. The third kappa shape index (κ3) is 3.86. The molecule has 0 aliphatic carbocycles. The predicted molar refractivity (Wildman–Crippen MR) is 75.3 cm³/mol. The maximum absolute atomic E-state index is 11.3. The minimum atomic E-state index is -2.11. The highest BCUT2D eigenvalue weighted by Crippen LogP contribution is 2.38. The van der Waals surface area contributed by atoms with E-state index in [4.69, 9.17) is 69.6 Å². The highest BCUT2D eigenvalue weighted by molar-refractivity contribution is 6.76. The largest absolute Gasteiger partial charge is 0.506 e. The van der Waals surface area contributed by atoms with Crippen LogP contribution < -0.4 is 5.32 Å². The molecule has 1 rings (SSSR count). The van der Waals surface area contributed by atoms with Gasteiger partial charge in [0.15, 0.2) is 0 Å². The molecule has 0 atom stereocenters. The zero-order valence-corrected chi connectivity index (χ0v) is 12.9. The molecule has 0 heterocycles. The fourth-order valence-corrected chi connectivity index (χ4v) is 1.98. The van der Waals surface area contributed by atoms with Gasteiger partial charge >= 0.3 is 0 Å². The third-order valence-electron chi connectivity index (χ3n) is 1.92. The molecule has 0 aliphatic rings. The van der Waals surface area contributed by atoms with Crippen LogP contribution in [0.25, 0.3) is 0 Å². The van der Waals surface area contributed by atoms with E-state index in [1.165, 1.54) is 6.07 Å². The fourth-order valence-electron chi connectivity index (χ4n) is 1.07. The number of phenols is 1. The number of halogens is 6. The average Bonchev–Trinajstić information content (AvgIpc) is 2.25. The zero-order valence-electron chi connectivity index (χ0n) is 8.41. The van der Waals surface area contributed by atoms with Crippen LogP contribution in [0.2, 0.25) is 15.1 Å². The Balaban J connectivity index is 2.96. The van der Waals surface area contributed by atoms with E-state index < -0.39 is 9.70 Å². The quantitative estimate of drug-likeness (QED) is 0.600. The van der Waals surface area contributed by atoms with Crippen LogP contribution in [0.1, 0.15) is 5.56 Å². The van der Waals surface area contributed by atoms with Gasteiger partial charge in [0.05, 0.1) is 15.1 Å². The molecule has 0 aliphatic heterocycles. The number of amides is 1. The summed E-state index contributed by atoms with van der Waals surface area (Å²) in [6, 6.07) is 1.28. The molecule has 1 aromatic carbocycles. The molecule has 9 heteroatoms. The molecular formula is C9H5Cl6NO2. The molecule has 100 valence electrons. The van der Waals surface area contributed by atoms with E-state index in [0.717, 1.165) is 0 Å². The summed E-state index contributed by atoms with van der Waals surface area (Å²) in [5, 5.41) is 12.2. The Kier molecular flexibility index (Phi) is 5.54. The molecule has 2 N–H and O–H groups in total. The third-order valence-corrected chi connectivity index (χ3v) is 3.55. The van der Waals surface area contributed by atoms with Crippen molar-refractivity contribution in [3.8, 4) is 5.75 Å². The van der Waals surface area contributed by atoms with Crippen molar-refractivity contribution in [2.45, 2.75) is 10.3 Å². The van der Waals surface area contributed by atoms with Crippen LogP contribution in [0.4, 0.5) is 0 Å². The summed E-state index contributed by atoms with van der Waals surface area (Å²) in [6.07, 6.45) is 0. The van der Waals surface area contributed by atoms with E-state index in [1.54, 1.807) is 0 Å². The SMILES string of the molecule is O=C(NCc1c(O)c(Cl)cc(Cl)c1Cl)C(Cl)(Cl)Cl. The van der Waals surface area contributed by atoms with Crippen molar-refractivity contribution in [1.29, 1.82) is 0 Å². The van der Waals surface area contributed by atoms with Gasteiger partial charge in [0.25, 0.3) is 9.70 Å². The van der Waals surface area contributed by atoms with E-state index in [2.05, 4.69) is 5.32 Å². The van der Waals surface area contributed by atoms with Crippen LogP contribution in [0.3, 0.4) is 0 Å². The summed E-state index contributed by atoms with van der Waals surface area (Å²) >= 11 is 33.4. The Morgan fingerprint density at radius 1 is 1.22 bits per heavy atom. The van der Waals surface area contributed by atoms with E-state index >= 15 is 0 Å². The molecule has 0 spiro atoms. The van der Waals surface area contributed by atoms with Gasteiger partial charge in [-0.1, -0.05) is 69.6 Å². The molecule has 0 saturated heterocycles. The fraction of sp³-hybridized carbons (Fsp3) is 0.222. The van der Waals surface area contributed by atoms with Crippen LogP contribution in [0.15, 0.2) is 6.07 Å². The first kappa shape index (κ1) is 16.3. The number of hydrogen-bond donors (Lipinski definition) is 2. The lowest BCUT2D eigenvalue weighted by atomic mass is 10.2. The molecule has 0 aromatic heterocycles. The summed E-state index contributed by atoms with van der Waals surface area (Å²) in [7, 11) is 0. The van der Waals surface area contributed by atoms with Crippen molar-refractivity contribution in [3.63, 3.8) is 0 Å². The lowest BCUT2D eigenvalue weighted by molar-refractivity contribution is -0.120. The zero-order chi connectivity index (χ0) is 14.1. The maximum atomic E-state index is 11.3. The molecule has 0 radical (unpaired) electrons. The molecule has 18 heavy (non-hydrogen) atoms. The first-order valence-electron chi connectivity index (χ1n) is 4.35. The number of phenolic OH excluding ortho intramolecular Hbond substituents is 1. The standard InChI is InChI=1S/C9H5Cl6NO2/c10-4-1-5(11)7(17)3(6(4)12)2-16-8(18)9(13,14)15/h1,17H,2H2,(H,16,18). The minimum absolute atomic E-state index is 0.00235. The molecule has 0 bridgehead atoms. The number of carbonyl (C=O) groups excluding carboxylic acids is 1. The Hall–Kier alpha value is 0.230. The van der Waals surface area contributed by atoms with Crippen LogP contribution in [0.5, 0.6) is 5.75 Å². The van der Waals surface area contributed by atoms with E-state index in [9.17, 15) is 9.90 Å². The number of benzene rings is 1. The lowest BCUT2D eigenvalue weighted by Gasteiger charge is -2.14. The molecule has 3 nitrogen and oxygen atoms in total. The van der Waals surface area contributed by atoms with Gasteiger partial charge < -0.3 is 10.4 Å². The van der Waals surface area contributed by atoms with E-state index in [1.807, 2.05) is 0 Å². The Morgan fingerprint density at radius 2 is 1.78 bits per heavy atom. The number of carbonyl (C=O) groups is 1. The van der Waals surface area contributed by atoms with Gasteiger partial charge in [-0.05, 0) is 6.07 Å². The smallest absolute Gasteiger partial charge is 0.272 e. The second-order valence-corrected chi connectivity index (χ2v) is 6.64. The van der Waals surface area contributed by atoms with Gasteiger partial charge in [-0.25, -0.2) is 0 Å². The van der Waals surface area contributed by atoms with Crippen LogP contribution >= 0.6 is 69.6 Å². The molecule has 0 unspecified atom stereocenters. The second-order valence-electron chi connectivity index (χ2n) is 3.16. The first-order chi connectivity index (χ1) is 8.14.